The lowest BCUT2D eigenvalue weighted by Crippen LogP contribution is -2.44. The number of hydrogen-bond acceptors (Lipinski definition) is 5. The summed E-state index contributed by atoms with van der Waals surface area (Å²) in [5.74, 6) is 0.280. The van der Waals surface area contributed by atoms with E-state index in [0.717, 1.165) is 61.2 Å². The van der Waals surface area contributed by atoms with Crippen LogP contribution in [0, 0.1) is 5.41 Å². The van der Waals surface area contributed by atoms with Gasteiger partial charge in [0, 0.05) is 28.3 Å². The highest BCUT2D eigenvalue weighted by molar-refractivity contribution is 6.33. The zero-order valence-corrected chi connectivity index (χ0v) is 24.7. The zero-order valence-electron chi connectivity index (χ0n) is 24.0. The Morgan fingerprint density at radius 3 is 2.19 bits per heavy atom. The van der Waals surface area contributed by atoms with E-state index in [1.165, 1.54) is 11.1 Å². The molecule has 0 spiro atoms. The Hall–Kier alpha value is -4.26. The summed E-state index contributed by atoms with van der Waals surface area (Å²) >= 11 is 6.59. The second-order valence-corrected chi connectivity index (χ2v) is 11.8. The third-order valence-electron chi connectivity index (χ3n) is 8.58. The van der Waals surface area contributed by atoms with E-state index >= 15 is 0 Å². The van der Waals surface area contributed by atoms with Crippen molar-refractivity contribution in [1.29, 1.82) is 0 Å². The molecule has 1 N–H and O–H groups in total. The number of nitrogens with zero attached hydrogens (tertiary/aromatic N) is 3. The molecule has 2 heterocycles. The predicted octanol–water partition coefficient (Wildman–Crippen LogP) is 8.41. The summed E-state index contributed by atoms with van der Waals surface area (Å²) in [6.07, 6.45) is 3.88. The van der Waals surface area contributed by atoms with E-state index < -0.39 is 11.4 Å². The average molecular weight is 592 g/mol. The summed E-state index contributed by atoms with van der Waals surface area (Å²) in [5, 5.41) is 14.9. The Balaban J connectivity index is 1.05. The number of carboxylic acids is 1. The number of piperidine rings is 1. The molecule has 1 aromatic heterocycles. The van der Waals surface area contributed by atoms with Crippen molar-refractivity contribution in [2.75, 3.05) is 13.1 Å². The van der Waals surface area contributed by atoms with E-state index in [2.05, 4.69) is 39.3 Å². The van der Waals surface area contributed by atoms with Gasteiger partial charge in [0.15, 0.2) is 0 Å². The molecule has 4 aromatic carbocycles. The van der Waals surface area contributed by atoms with Crippen molar-refractivity contribution in [2.45, 2.75) is 38.6 Å². The van der Waals surface area contributed by atoms with Crippen LogP contribution in [0.1, 0.15) is 36.8 Å². The smallest absolute Gasteiger partial charge is 0.309 e. The normalized spacial score (nSPS) is 14.9. The van der Waals surface area contributed by atoms with Crippen LogP contribution in [0.5, 0.6) is 0 Å². The zero-order chi connectivity index (χ0) is 29.6. The highest BCUT2D eigenvalue weighted by Gasteiger charge is 2.40. The molecular formula is C36H34ClN3O3. The Bertz CT molecular complexity index is 1660. The van der Waals surface area contributed by atoms with Gasteiger partial charge in [0.25, 0.3) is 5.89 Å². The number of aryl methyl sites for hydroxylation is 1. The van der Waals surface area contributed by atoms with Gasteiger partial charge in [0.1, 0.15) is 0 Å². The molecule has 218 valence electrons. The number of benzene rings is 4. The minimum Gasteiger partial charge on any atom is -0.481 e. The standard InChI is InChI=1S/C36H34ClN3O3/c37-32-24-30(17-18-31(32)28-11-5-2-6-12-28)34-38-33(39-43-34)29-15-13-27(14-16-29)25-40-22-20-36(21-23-40,35(41)42)19-7-10-26-8-3-1-4-9-26/h1-6,8-9,11-18,24H,7,10,19-23,25H2,(H,41,42). The van der Waals surface area contributed by atoms with Gasteiger partial charge in [0.05, 0.1) is 5.41 Å². The fourth-order valence-electron chi connectivity index (χ4n) is 5.96. The summed E-state index contributed by atoms with van der Waals surface area (Å²) < 4.78 is 5.57. The molecule has 1 fully saturated rings. The van der Waals surface area contributed by atoms with Crippen LogP contribution in [0.3, 0.4) is 0 Å². The molecule has 7 heteroatoms. The third kappa shape index (κ3) is 6.71. The fraction of sp³-hybridized carbons (Fsp3) is 0.250. The third-order valence-corrected chi connectivity index (χ3v) is 8.89. The van der Waals surface area contributed by atoms with E-state index in [-0.39, 0.29) is 0 Å². The fourth-order valence-corrected chi connectivity index (χ4v) is 6.25. The van der Waals surface area contributed by atoms with Gasteiger partial charge in [0.2, 0.25) is 5.82 Å². The molecule has 1 saturated heterocycles. The monoisotopic (exact) mass is 591 g/mol. The maximum Gasteiger partial charge on any atom is 0.309 e. The molecular weight excluding hydrogens is 558 g/mol. The number of carboxylic acid groups (broad SMARTS) is 1. The van der Waals surface area contributed by atoms with Crippen LogP contribution in [0.2, 0.25) is 5.02 Å². The minimum absolute atomic E-state index is 0.416. The summed E-state index contributed by atoms with van der Waals surface area (Å²) in [5.41, 5.74) is 5.44. The van der Waals surface area contributed by atoms with Gasteiger partial charge in [-0.3, -0.25) is 9.69 Å². The summed E-state index contributed by atoms with van der Waals surface area (Å²) in [6.45, 7) is 2.34. The number of aromatic nitrogens is 2. The van der Waals surface area contributed by atoms with Gasteiger partial charge >= 0.3 is 5.97 Å². The number of carbonyl (C=O) groups is 1. The molecule has 6 nitrogen and oxygen atoms in total. The minimum atomic E-state index is -0.654. The first-order valence-electron chi connectivity index (χ1n) is 14.8. The number of aliphatic carboxylic acids is 1. The second kappa shape index (κ2) is 12.9. The first-order chi connectivity index (χ1) is 21.0. The van der Waals surface area contributed by atoms with Crippen LogP contribution in [0.15, 0.2) is 108 Å². The predicted molar refractivity (Wildman–Crippen MR) is 170 cm³/mol. The van der Waals surface area contributed by atoms with E-state index in [0.29, 0.717) is 29.6 Å². The topological polar surface area (TPSA) is 79.5 Å². The molecule has 0 amide bonds. The number of halogens is 1. The van der Waals surface area contributed by atoms with E-state index in [9.17, 15) is 9.90 Å². The van der Waals surface area contributed by atoms with Crippen molar-refractivity contribution in [3.8, 4) is 34.0 Å². The lowest BCUT2D eigenvalue weighted by molar-refractivity contribution is -0.152. The molecule has 1 aliphatic heterocycles. The maximum absolute atomic E-state index is 12.3. The van der Waals surface area contributed by atoms with Crippen LogP contribution < -0.4 is 0 Å². The molecule has 43 heavy (non-hydrogen) atoms. The second-order valence-electron chi connectivity index (χ2n) is 11.4. The average Bonchev–Trinajstić information content (AvgIpc) is 3.54. The molecule has 0 saturated carbocycles. The summed E-state index contributed by atoms with van der Waals surface area (Å²) in [6, 6.07) is 34.2. The van der Waals surface area contributed by atoms with Crippen molar-refractivity contribution in [1.82, 2.24) is 15.0 Å². The summed E-state index contributed by atoms with van der Waals surface area (Å²) in [4.78, 5) is 19.3. The van der Waals surface area contributed by atoms with E-state index in [1.807, 2.05) is 78.9 Å². The van der Waals surface area contributed by atoms with Crippen LogP contribution in [-0.4, -0.2) is 39.2 Å². The van der Waals surface area contributed by atoms with Crippen LogP contribution in [0.25, 0.3) is 34.0 Å². The largest absolute Gasteiger partial charge is 0.481 e. The van der Waals surface area contributed by atoms with E-state index in [1.54, 1.807) is 0 Å². The first kappa shape index (κ1) is 28.8. The van der Waals surface area contributed by atoms with Crippen molar-refractivity contribution < 1.29 is 14.4 Å². The Morgan fingerprint density at radius 1 is 0.837 bits per heavy atom. The van der Waals surface area contributed by atoms with Gasteiger partial charge < -0.3 is 9.63 Å². The molecule has 5 aromatic rings. The van der Waals surface area contributed by atoms with Crippen molar-refractivity contribution in [3.05, 3.63) is 119 Å². The molecule has 0 unspecified atom stereocenters. The van der Waals surface area contributed by atoms with Crippen molar-refractivity contribution >= 4 is 17.6 Å². The molecule has 0 radical (unpaired) electrons. The molecule has 0 atom stereocenters. The molecule has 1 aliphatic rings. The molecule has 0 bridgehead atoms. The quantitative estimate of drug-likeness (QED) is 0.176. The van der Waals surface area contributed by atoms with Gasteiger partial charge in [-0.05, 0) is 74.0 Å². The Morgan fingerprint density at radius 2 is 1.51 bits per heavy atom. The number of likely N-dealkylation sites (tertiary alicyclic amines) is 1. The van der Waals surface area contributed by atoms with Gasteiger partial charge in [-0.25, -0.2) is 0 Å². The Kier molecular flexibility index (Phi) is 8.68. The van der Waals surface area contributed by atoms with Crippen LogP contribution in [0.4, 0.5) is 0 Å². The summed E-state index contributed by atoms with van der Waals surface area (Å²) in [7, 11) is 0. The van der Waals surface area contributed by atoms with Crippen molar-refractivity contribution in [3.63, 3.8) is 0 Å². The van der Waals surface area contributed by atoms with Crippen molar-refractivity contribution in [2.24, 2.45) is 5.41 Å². The Labute approximate surface area is 257 Å². The maximum atomic E-state index is 12.3. The van der Waals surface area contributed by atoms with Crippen LogP contribution in [-0.2, 0) is 17.8 Å². The SMILES string of the molecule is O=C(O)C1(CCCc2ccccc2)CCN(Cc2ccc(-c3noc(-c4ccc(-c5ccccc5)c(Cl)c4)n3)cc2)CC1. The van der Waals surface area contributed by atoms with Gasteiger partial charge in [-0.2, -0.15) is 4.98 Å². The molecule has 0 aliphatic carbocycles. The van der Waals surface area contributed by atoms with E-state index in [4.69, 9.17) is 16.1 Å². The van der Waals surface area contributed by atoms with Crippen LogP contribution >= 0.6 is 11.6 Å². The number of hydrogen-bond donors (Lipinski definition) is 1. The lowest BCUT2D eigenvalue weighted by atomic mass is 9.74. The lowest BCUT2D eigenvalue weighted by Gasteiger charge is -2.39. The first-order valence-corrected chi connectivity index (χ1v) is 15.1. The molecule has 6 rings (SSSR count). The van der Waals surface area contributed by atoms with Gasteiger partial charge in [-0.15, -0.1) is 0 Å². The highest BCUT2D eigenvalue weighted by Crippen LogP contribution is 2.38. The number of rotatable bonds is 10. The highest BCUT2D eigenvalue weighted by atomic mass is 35.5. The van der Waals surface area contributed by atoms with Gasteiger partial charge in [-0.1, -0.05) is 108 Å².